The van der Waals surface area contributed by atoms with Gasteiger partial charge in [-0.25, -0.2) is 4.79 Å². The number of benzene rings is 1. The summed E-state index contributed by atoms with van der Waals surface area (Å²) in [7, 11) is 0. The van der Waals surface area contributed by atoms with Crippen LogP contribution in [0.3, 0.4) is 0 Å². The van der Waals surface area contributed by atoms with Crippen LogP contribution < -0.4 is 16.2 Å². The first-order chi connectivity index (χ1) is 13.0. The Balaban J connectivity index is 1.57. The molecule has 2 fully saturated rings. The van der Waals surface area contributed by atoms with Gasteiger partial charge in [-0.3, -0.25) is 4.79 Å². The van der Waals surface area contributed by atoms with Gasteiger partial charge in [0.15, 0.2) is 11.5 Å². The summed E-state index contributed by atoms with van der Waals surface area (Å²) < 4.78 is 10.2. The van der Waals surface area contributed by atoms with E-state index in [1.807, 2.05) is 4.90 Å². The number of piperidine rings is 1. The van der Waals surface area contributed by atoms with Crippen molar-refractivity contribution >= 4 is 12.0 Å². The third-order valence-electron chi connectivity index (χ3n) is 5.47. The van der Waals surface area contributed by atoms with Crippen molar-refractivity contribution in [3.05, 3.63) is 23.8 Å². The molecular weight excluding hydrogens is 350 g/mol. The van der Waals surface area contributed by atoms with Gasteiger partial charge in [0.2, 0.25) is 5.91 Å². The molecule has 2 atom stereocenters. The Kier molecular flexibility index (Phi) is 6.18. The summed E-state index contributed by atoms with van der Waals surface area (Å²) in [6.07, 6.45) is 1.93. The second kappa shape index (κ2) is 8.58. The van der Waals surface area contributed by atoms with Gasteiger partial charge < -0.3 is 30.9 Å². The number of para-hydroxylation sites is 1. The topological polar surface area (TPSA) is 128 Å². The van der Waals surface area contributed by atoms with E-state index in [0.717, 1.165) is 19.3 Å². The average molecular weight is 377 g/mol. The first-order valence-electron chi connectivity index (χ1n) is 9.36. The van der Waals surface area contributed by atoms with E-state index in [1.165, 1.54) is 6.07 Å². The number of amides is 2. The highest BCUT2D eigenvalue weighted by Crippen LogP contribution is 2.32. The largest absolute Gasteiger partial charge is 0.504 e. The van der Waals surface area contributed by atoms with Gasteiger partial charge in [-0.1, -0.05) is 12.1 Å². The Bertz CT molecular complexity index is 682. The minimum Gasteiger partial charge on any atom is -0.504 e. The monoisotopic (exact) mass is 377 g/mol. The molecular formula is C19H27N3O5. The lowest BCUT2D eigenvalue weighted by Gasteiger charge is -2.36. The van der Waals surface area contributed by atoms with Crippen molar-refractivity contribution in [2.75, 3.05) is 26.3 Å². The van der Waals surface area contributed by atoms with Crippen molar-refractivity contribution in [1.29, 1.82) is 0 Å². The summed E-state index contributed by atoms with van der Waals surface area (Å²) in [4.78, 5) is 25.5. The molecule has 1 aromatic carbocycles. The van der Waals surface area contributed by atoms with Crippen LogP contribution >= 0.6 is 0 Å². The van der Waals surface area contributed by atoms with Gasteiger partial charge >= 0.3 is 6.09 Å². The molecule has 2 amide bonds. The number of phenols is 1. The molecule has 2 aliphatic heterocycles. The Morgan fingerprint density at radius 1 is 1.30 bits per heavy atom. The molecule has 0 saturated carbocycles. The molecule has 27 heavy (non-hydrogen) atoms. The lowest BCUT2D eigenvalue weighted by atomic mass is 9.86. The third kappa shape index (κ3) is 4.70. The molecule has 148 valence electrons. The molecule has 3 rings (SSSR count). The van der Waals surface area contributed by atoms with Crippen molar-refractivity contribution in [3.63, 3.8) is 0 Å². The number of aromatic hydroxyl groups is 1. The molecule has 2 saturated heterocycles. The fourth-order valence-corrected chi connectivity index (χ4v) is 3.91. The smallest absolute Gasteiger partial charge is 0.410 e. The molecule has 0 radical (unpaired) electrons. The van der Waals surface area contributed by atoms with Crippen molar-refractivity contribution in [2.45, 2.75) is 31.7 Å². The maximum atomic E-state index is 12.5. The van der Waals surface area contributed by atoms with Gasteiger partial charge in [-0.2, -0.15) is 0 Å². The number of hydrogen-bond acceptors (Lipinski definition) is 6. The zero-order valence-corrected chi connectivity index (χ0v) is 15.3. The summed E-state index contributed by atoms with van der Waals surface area (Å²) in [6, 6.07) is 4.70. The lowest BCUT2D eigenvalue weighted by molar-refractivity contribution is -0.137. The second-order valence-corrected chi connectivity index (χ2v) is 7.28. The van der Waals surface area contributed by atoms with Crippen LogP contribution in [0.15, 0.2) is 18.2 Å². The zero-order valence-electron chi connectivity index (χ0n) is 15.3. The van der Waals surface area contributed by atoms with Crippen LogP contribution in [0.25, 0.3) is 0 Å². The van der Waals surface area contributed by atoms with E-state index in [2.05, 4.69) is 0 Å². The first-order valence-corrected chi connectivity index (χ1v) is 9.36. The summed E-state index contributed by atoms with van der Waals surface area (Å²) >= 11 is 0. The number of likely N-dealkylation sites (tertiary alicyclic amines) is 1. The Morgan fingerprint density at radius 3 is 2.67 bits per heavy atom. The maximum absolute atomic E-state index is 12.5. The Hall–Kier alpha value is -2.32. The average Bonchev–Trinajstić information content (AvgIpc) is 3.18. The fourth-order valence-electron chi connectivity index (χ4n) is 3.91. The molecule has 2 aliphatic rings. The normalized spacial score (nSPS) is 21.8. The van der Waals surface area contributed by atoms with Gasteiger partial charge in [0, 0.05) is 31.3 Å². The van der Waals surface area contributed by atoms with Crippen molar-refractivity contribution in [1.82, 2.24) is 4.90 Å². The molecule has 0 aliphatic carbocycles. The number of nitrogens with two attached hydrogens (primary N) is 2. The van der Waals surface area contributed by atoms with Crippen LogP contribution in [-0.2, 0) is 16.0 Å². The van der Waals surface area contributed by atoms with Crippen molar-refractivity contribution < 1.29 is 24.2 Å². The zero-order chi connectivity index (χ0) is 19.4. The molecule has 5 N–H and O–H groups in total. The lowest BCUT2D eigenvalue weighted by Crippen LogP contribution is -2.46. The van der Waals surface area contributed by atoms with Gasteiger partial charge in [-0.05, 0) is 37.7 Å². The van der Waals surface area contributed by atoms with E-state index >= 15 is 0 Å². The Labute approximate surface area is 158 Å². The van der Waals surface area contributed by atoms with Crippen LogP contribution in [0, 0.1) is 11.8 Å². The van der Waals surface area contributed by atoms with E-state index in [4.69, 9.17) is 20.9 Å². The summed E-state index contributed by atoms with van der Waals surface area (Å²) in [6.45, 7) is 2.58. The van der Waals surface area contributed by atoms with Crippen LogP contribution in [-0.4, -0.2) is 54.4 Å². The van der Waals surface area contributed by atoms with Gasteiger partial charge in [0.25, 0.3) is 0 Å². The summed E-state index contributed by atoms with van der Waals surface area (Å²) in [5.41, 5.74) is 12.1. The fraction of sp³-hybridized carbons (Fsp3) is 0.579. The predicted octanol–water partition coefficient (Wildman–Crippen LogP) is 0.995. The highest BCUT2D eigenvalue weighted by molar-refractivity contribution is 5.79. The molecule has 2 heterocycles. The number of primary amides is 1. The minimum atomic E-state index is -0.978. The number of carbonyl (C=O) groups excluding carboxylic acids is 2. The second-order valence-electron chi connectivity index (χ2n) is 7.28. The van der Waals surface area contributed by atoms with Gasteiger partial charge in [0.05, 0.1) is 12.5 Å². The highest BCUT2D eigenvalue weighted by atomic mass is 16.6. The molecule has 8 nitrogen and oxygen atoms in total. The minimum absolute atomic E-state index is 0.00368. The van der Waals surface area contributed by atoms with Gasteiger partial charge in [0.1, 0.15) is 0 Å². The van der Waals surface area contributed by atoms with E-state index in [1.54, 1.807) is 12.1 Å². The first kappa shape index (κ1) is 19.4. The number of carbonyl (C=O) groups is 2. The number of ether oxygens (including phenoxy) is 2. The van der Waals surface area contributed by atoms with E-state index < -0.39 is 6.09 Å². The van der Waals surface area contributed by atoms with Crippen LogP contribution in [0.5, 0.6) is 11.5 Å². The summed E-state index contributed by atoms with van der Waals surface area (Å²) in [5.74, 6) is 0.352. The van der Waals surface area contributed by atoms with E-state index in [0.29, 0.717) is 38.3 Å². The highest BCUT2D eigenvalue weighted by Gasteiger charge is 2.32. The van der Waals surface area contributed by atoms with Crippen molar-refractivity contribution in [3.8, 4) is 11.5 Å². The number of rotatable bonds is 5. The molecule has 1 aromatic rings. The molecule has 0 bridgehead atoms. The standard InChI is InChI=1S/C19H27N3O5/c20-15(10-13-2-1-3-16(23)17(13)27-19(21)25)12-4-7-22(8-5-12)18(24)14-6-9-26-11-14/h1-3,12,14-15,23H,4-11,20H2,(H2,21,25). The Morgan fingerprint density at radius 2 is 2.04 bits per heavy atom. The molecule has 0 spiro atoms. The van der Waals surface area contributed by atoms with Crippen molar-refractivity contribution in [2.24, 2.45) is 23.3 Å². The quantitative estimate of drug-likeness (QED) is 0.702. The van der Waals surface area contributed by atoms with E-state index in [-0.39, 0.29) is 35.3 Å². The molecule has 0 aromatic heterocycles. The van der Waals surface area contributed by atoms with Gasteiger partial charge in [-0.15, -0.1) is 0 Å². The van der Waals surface area contributed by atoms with Crippen LogP contribution in [0.2, 0.25) is 0 Å². The number of hydrogen-bond donors (Lipinski definition) is 3. The maximum Gasteiger partial charge on any atom is 0.410 e. The summed E-state index contributed by atoms with van der Waals surface area (Å²) in [5, 5.41) is 9.94. The predicted molar refractivity (Wildman–Crippen MR) is 98.2 cm³/mol. The molecule has 8 heteroatoms. The number of nitrogens with zero attached hydrogens (tertiary/aromatic N) is 1. The number of phenolic OH excluding ortho intramolecular Hbond substituents is 1. The van der Waals surface area contributed by atoms with E-state index in [9.17, 15) is 14.7 Å². The molecule has 2 unspecified atom stereocenters. The SMILES string of the molecule is NC(=O)Oc1c(O)cccc1CC(N)C1CCN(C(=O)C2CCOC2)CC1. The third-order valence-corrected chi connectivity index (χ3v) is 5.47. The van der Waals surface area contributed by atoms with Crippen LogP contribution in [0.1, 0.15) is 24.8 Å². The van der Waals surface area contributed by atoms with Crippen LogP contribution in [0.4, 0.5) is 4.79 Å².